The molecule has 4 nitrogen and oxygen atoms in total. The standard InChI is InChI=1S/C21H35NO3/c1-15(2)9-8-10-16(3)18-11-13-21(7,14-12-18)22-19(24)20(5,6)25-17(4)23/h8-10,15,18H,11-14H2,1-7H3,(H,22,24). The Hall–Kier alpha value is -1.58. The second-order valence-electron chi connectivity index (χ2n) is 8.43. The molecule has 1 fully saturated rings. The second kappa shape index (κ2) is 8.68. The molecule has 0 atom stereocenters. The average molecular weight is 350 g/mol. The van der Waals surface area contributed by atoms with E-state index < -0.39 is 11.6 Å². The van der Waals surface area contributed by atoms with Crippen LogP contribution in [0.2, 0.25) is 0 Å². The molecule has 4 heteroatoms. The topological polar surface area (TPSA) is 55.4 Å². The number of ether oxygens (including phenoxy) is 1. The van der Waals surface area contributed by atoms with Gasteiger partial charge in [-0.15, -0.1) is 0 Å². The van der Waals surface area contributed by atoms with Crippen LogP contribution in [0.1, 0.15) is 74.1 Å². The van der Waals surface area contributed by atoms with Crippen molar-refractivity contribution >= 4 is 11.9 Å². The number of carbonyl (C=O) groups is 2. The highest BCUT2D eigenvalue weighted by Gasteiger charge is 2.38. The molecule has 25 heavy (non-hydrogen) atoms. The summed E-state index contributed by atoms with van der Waals surface area (Å²) in [6.45, 7) is 13.2. The molecule has 1 rings (SSSR count). The van der Waals surface area contributed by atoms with Crippen molar-refractivity contribution in [2.24, 2.45) is 11.8 Å². The van der Waals surface area contributed by atoms with Crippen molar-refractivity contribution in [2.45, 2.75) is 85.3 Å². The van der Waals surface area contributed by atoms with E-state index in [1.54, 1.807) is 13.8 Å². The molecule has 0 aromatic rings. The van der Waals surface area contributed by atoms with Crippen molar-refractivity contribution < 1.29 is 14.3 Å². The van der Waals surface area contributed by atoms with Gasteiger partial charge in [-0.3, -0.25) is 9.59 Å². The number of carbonyl (C=O) groups excluding carboxylic acids is 2. The zero-order chi connectivity index (χ0) is 19.3. The molecule has 0 aliphatic heterocycles. The first kappa shape index (κ1) is 21.5. The zero-order valence-electron chi connectivity index (χ0n) is 16.9. The van der Waals surface area contributed by atoms with E-state index in [1.165, 1.54) is 12.5 Å². The minimum absolute atomic E-state index is 0.226. The number of allylic oxidation sites excluding steroid dienone is 4. The van der Waals surface area contributed by atoms with Gasteiger partial charge in [-0.25, -0.2) is 0 Å². The predicted molar refractivity (Wildman–Crippen MR) is 102 cm³/mol. The van der Waals surface area contributed by atoms with Crippen LogP contribution in [-0.2, 0) is 14.3 Å². The smallest absolute Gasteiger partial charge is 0.303 e. The Balaban J connectivity index is 2.62. The van der Waals surface area contributed by atoms with Gasteiger partial charge >= 0.3 is 5.97 Å². The van der Waals surface area contributed by atoms with Crippen LogP contribution in [0.15, 0.2) is 23.8 Å². The summed E-state index contributed by atoms with van der Waals surface area (Å²) in [6, 6.07) is 0. The molecule has 0 spiro atoms. The quantitative estimate of drug-likeness (QED) is 0.565. The number of hydrogen-bond acceptors (Lipinski definition) is 3. The fourth-order valence-corrected chi connectivity index (χ4v) is 3.23. The molecule has 0 aromatic carbocycles. The Labute approximate surface area is 153 Å². The predicted octanol–water partition coefficient (Wildman–Crippen LogP) is 4.55. The van der Waals surface area contributed by atoms with Crippen molar-refractivity contribution in [3.63, 3.8) is 0 Å². The third kappa shape index (κ3) is 7.05. The van der Waals surface area contributed by atoms with Crippen molar-refractivity contribution in [2.75, 3.05) is 0 Å². The molecular weight excluding hydrogens is 314 g/mol. The van der Waals surface area contributed by atoms with Crippen LogP contribution >= 0.6 is 0 Å². The summed E-state index contributed by atoms with van der Waals surface area (Å²) in [5.41, 5.74) is 0.0351. The van der Waals surface area contributed by atoms with Crippen molar-refractivity contribution in [3.8, 4) is 0 Å². The highest BCUT2D eigenvalue weighted by atomic mass is 16.6. The van der Waals surface area contributed by atoms with Crippen molar-refractivity contribution in [3.05, 3.63) is 23.8 Å². The third-order valence-electron chi connectivity index (χ3n) is 4.95. The fourth-order valence-electron chi connectivity index (χ4n) is 3.23. The van der Waals surface area contributed by atoms with Gasteiger partial charge in [0.2, 0.25) is 0 Å². The molecule has 0 bridgehead atoms. The monoisotopic (exact) mass is 349 g/mol. The Kier molecular flexibility index (Phi) is 7.45. The van der Waals surface area contributed by atoms with Gasteiger partial charge in [0.15, 0.2) is 5.60 Å². The number of nitrogens with one attached hydrogen (secondary N) is 1. The van der Waals surface area contributed by atoms with E-state index in [2.05, 4.69) is 51.2 Å². The van der Waals surface area contributed by atoms with Gasteiger partial charge in [0.05, 0.1) is 0 Å². The molecule has 0 aromatic heterocycles. The van der Waals surface area contributed by atoms with E-state index in [1.807, 2.05) is 0 Å². The lowest BCUT2D eigenvalue weighted by molar-refractivity contribution is -0.164. The molecule has 1 amide bonds. The van der Waals surface area contributed by atoms with Crippen LogP contribution in [0.5, 0.6) is 0 Å². The molecule has 1 N–H and O–H groups in total. The van der Waals surface area contributed by atoms with Crippen LogP contribution in [-0.4, -0.2) is 23.0 Å². The molecule has 1 aliphatic rings. The zero-order valence-corrected chi connectivity index (χ0v) is 16.9. The lowest BCUT2D eigenvalue weighted by Crippen LogP contribution is -2.55. The van der Waals surface area contributed by atoms with E-state index in [4.69, 9.17) is 4.74 Å². The molecule has 142 valence electrons. The highest BCUT2D eigenvalue weighted by molar-refractivity contribution is 5.87. The first-order chi connectivity index (χ1) is 11.4. The summed E-state index contributed by atoms with van der Waals surface area (Å²) in [4.78, 5) is 23.7. The summed E-state index contributed by atoms with van der Waals surface area (Å²) in [7, 11) is 0. The fraction of sp³-hybridized carbons (Fsp3) is 0.714. The van der Waals surface area contributed by atoms with Crippen LogP contribution < -0.4 is 5.32 Å². The normalized spacial score (nSPS) is 25.3. The van der Waals surface area contributed by atoms with Gasteiger partial charge in [-0.2, -0.15) is 0 Å². The minimum Gasteiger partial charge on any atom is -0.450 e. The van der Waals surface area contributed by atoms with Crippen LogP contribution in [0, 0.1) is 11.8 Å². The number of amides is 1. The van der Waals surface area contributed by atoms with Gasteiger partial charge in [0.1, 0.15) is 0 Å². The lowest BCUT2D eigenvalue weighted by atomic mass is 9.75. The van der Waals surface area contributed by atoms with Gasteiger partial charge in [-0.1, -0.05) is 37.6 Å². The maximum atomic E-state index is 12.5. The van der Waals surface area contributed by atoms with E-state index in [9.17, 15) is 9.59 Å². The molecule has 0 heterocycles. The number of rotatable bonds is 6. The van der Waals surface area contributed by atoms with E-state index in [0.29, 0.717) is 11.8 Å². The minimum atomic E-state index is -1.14. The highest BCUT2D eigenvalue weighted by Crippen LogP contribution is 2.36. The number of esters is 1. The summed E-state index contributed by atoms with van der Waals surface area (Å²) in [6.07, 6.45) is 10.5. The van der Waals surface area contributed by atoms with Gasteiger partial charge < -0.3 is 10.1 Å². The lowest BCUT2D eigenvalue weighted by Gasteiger charge is -2.40. The summed E-state index contributed by atoms with van der Waals surface area (Å²) in [5.74, 6) is 0.470. The SMILES string of the molecule is CC(=O)OC(C)(C)C(=O)NC1(C)CCC(C(C)=CC=CC(C)C)CC1. The molecule has 1 saturated carbocycles. The third-order valence-corrected chi connectivity index (χ3v) is 4.95. The first-order valence-corrected chi connectivity index (χ1v) is 9.32. The maximum Gasteiger partial charge on any atom is 0.303 e. The Morgan fingerprint density at radius 3 is 2.24 bits per heavy atom. The molecular formula is C21H35NO3. The largest absolute Gasteiger partial charge is 0.450 e. The number of hydrogen-bond donors (Lipinski definition) is 1. The molecule has 0 saturated heterocycles. The van der Waals surface area contributed by atoms with Gasteiger partial charge in [-0.05, 0) is 65.2 Å². The van der Waals surface area contributed by atoms with Crippen molar-refractivity contribution in [1.29, 1.82) is 0 Å². The first-order valence-electron chi connectivity index (χ1n) is 9.32. The van der Waals surface area contributed by atoms with Gasteiger partial charge in [0, 0.05) is 12.5 Å². The summed E-state index contributed by atoms with van der Waals surface area (Å²) in [5, 5.41) is 3.11. The van der Waals surface area contributed by atoms with E-state index in [-0.39, 0.29) is 11.4 Å². The summed E-state index contributed by atoms with van der Waals surface area (Å²) < 4.78 is 5.14. The molecule has 0 unspecified atom stereocenters. The van der Waals surface area contributed by atoms with Gasteiger partial charge in [0.25, 0.3) is 5.91 Å². The molecule has 1 aliphatic carbocycles. The maximum absolute atomic E-state index is 12.5. The van der Waals surface area contributed by atoms with E-state index >= 15 is 0 Å². The second-order valence-corrected chi connectivity index (χ2v) is 8.43. The van der Waals surface area contributed by atoms with E-state index in [0.717, 1.165) is 25.7 Å². The van der Waals surface area contributed by atoms with Crippen LogP contribution in [0.4, 0.5) is 0 Å². The summed E-state index contributed by atoms with van der Waals surface area (Å²) >= 11 is 0. The molecule has 0 radical (unpaired) electrons. The Bertz CT molecular complexity index is 535. The Morgan fingerprint density at radius 1 is 1.20 bits per heavy atom. The van der Waals surface area contributed by atoms with Crippen molar-refractivity contribution in [1.82, 2.24) is 5.32 Å². The average Bonchev–Trinajstić information content (AvgIpc) is 2.45. The van der Waals surface area contributed by atoms with Crippen LogP contribution in [0.25, 0.3) is 0 Å². The van der Waals surface area contributed by atoms with Crippen LogP contribution in [0.3, 0.4) is 0 Å². The Morgan fingerprint density at radius 2 is 1.76 bits per heavy atom.